The largest absolute Gasteiger partial charge is 0.506 e. The molecule has 1 amide bonds. The predicted molar refractivity (Wildman–Crippen MR) is 80.3 cm³/mol. The van der Waals surface area contributed by atoms with Crippen LogP contribution < -0.4 is 5.32 Å². The van der Waals surface area contributed by atoms with E-state index in [0.29, 0.717) is 10.0 Å². The molecule has 7 heteroatoms. The van der Waals surface area contributed by atoms with Crippen molar-refractivity contribution in [1.29, 1.82) is 0 Å². The number of carbonyl (C=O) groups is 2. The summed E-state index contributed by atoms with van der Waals surface area (Å²) in [6.45, 7) is 5.05. The topological polar surface area (TPSA) is 95.9 Å². The van der Waals surface area contributed by atoms with Gasteiger partial charge in [0.25, 0.3) is 0 Å². The van der Waals surface area contributed by atoms with Gasteiger partial charge in [-0.05, 0) is 48.3 Å². The monoisotopic (exact) mass is 359 g/mol. The molecule has 0 aliphatic rings. The molecule has 1 aromatic rings. The fourth-order valence-corrected chi connectivity index (χ4v) is 2.00. The minimum atomic E-state index is -1.21. The number of rotatable bonds is 4. The predicted octanol–water partition coefficient (Wildman–Crippen LogP) is 2.68. The van der Waals surface area contributed by atoms with Crippen LogP contribution in [0.5, 0.6) is 5.75 Å². The van der Waals surface area contributed by atoms with Crippen molar-refractivity contribution in [2.24, 2.45) is 0 Å². The molecule has 0 spiro atoms. The number of carboxylic acid groups (broad SMARTS) is 1. The van der Waals surface area contributed by atoms with Gasteiger partial charge < -0.3 is 20.3 Å². The van der Waals surface area contributed by atoms with Crippen LogP contribution in [0, 0.1) is 0 Å². The van der Waals surface area contributed by atoms with Crippen LogP contribution >= 0.6 is 15.9 Å². The maximum Gasteiger partial charge on any atom is 0.408 e. The van der Waals surface area contributed by atoms with Crippen LogP contribution in [-0.4, -0.2) is 33.9 Å². The number of aliphatic carboxylic acids is 1. The third-order valence-electron chi connectivity index (χ3n) is 2.48. The molecule has 0 aliphatic heterocycles. The van der Waals surface area contributed by atoms with Crippen molar-refractivity contribution in [3.05, 3.63) is 28.2 Å². The molecule has 1 rings (SSSR count). The van der Waals surface area contributed by atoms with Crippen molar-refractivity contribution in [3.8, 4) is 5.75 Å². The summed E-state index contributed by atoms with van der Waals surface area (Å²) < 4.78 is 5.48. The third kappa shape index (κ3) is 5.63. The molecule has 0 saturated heterocycles. The highest BCUT2D eigenvalue weighted by Crippen LogP contribution is 2.28. The van der Waals surface area contributed by atoms with Crippen molar-refractivity contribution in [2.45, 2.75) is 38.8 Å². The zero-order chi connectivity index (χ0) is 16.2. The Labute approximate surface area is 131 Å². The zero-order valence-corrected chi connectivity index (χ0v) is 13.6. The molecule has 21 heavy (non-hydrogen) atoms. The fraction of sp³-hybridized carbons (Fsp3) is 0.429. The lowest BCUT2D eigenvalue weighted by Gasteiger charge is -2.22. The van der Waals surface area contributed by atoms with E-state index in [1.807, 2.05) is 0 Å². The van der Waals surface area contributed by atoms with Gasteiger partial charge in [-0.15, -0.1) is 0 Å². The second-order valence-electron chi connectivity index (χ2n) is 5.49. The van der Waals surface area contributed by atoms with Gasteiger partial charge in [0, 0.05) is 6.42 Å². The van der Waals surface area contributed by atoms with Crippen molar-refractivity contribution in [3.63, 3.8) is 0 Å². The van der Waals surface area contributed by atoms with Crippen LogP contribution in [0.2, 0.25) is 0 Å². The van der Waals surface area contributed by atoms with Gasteiger partial charge in [-0.3, -0.25) is 0 Å². The van der Waals surface area contributed by atoms with E-state index in [1.165, 1.54) is 0 Å². The third-order valence-corrected chi connectivity index (χ3v) is 3.12. The van der Waals surface area contributed by atoms with E-state index >= 15 is 0 Å². The first kappa shape index (κ1) is 17.3. The lowest BCUT2D eigenvalue weighted by Crippen LogP contribution is -2.44. The van der Waals surface area contributed by atoms with Crippen LogP contribution in [0.3, 0.4) is 0 Å². The molecule has 0 saturated carbocycles. The Morgan fingerprint density at radius 1 is 1.38 bits per heavy atom. The van der Waals surface area contributed by atoms with Gasteiger partial charge in [0.2, 0.25) is 0 Å². The van der Waals surface area contributed by atoms with Gasteiger partial charge in [0.15, 0.2) is 0 Å². The molecule has 6 nitrogen and oxygen atoms in total. The Morgan fingerprint density at radius 3 is 2.52 bits per heavy atom. The van der Waals surface area contributed by atoms with E-state index in [1.54, 1.807) is 39.0 Å². The highest BCUT2D eigenvalue weighted by atomic mass is 79.9. The number of nitrogens with one attached hydrogen (secondary N) is 1. The Morgan fingerprint density at radius 2 is 2.00 bits per heavy atom. The molecule has 0 fully saturated rings. The van der Waals surface area contributed by atoms with Crippen LogP contribution in [0.1, 0.15) is 26.3 Å². The normalized spacial score (nSPS) is 12.6. The molecule has 0 radical (unpaired) electrons. The van der Waals surface area contributed by atoms with Gasteiger partial charge in [0.05, 0.1) is 4.47 Å². The average molecular weight is 360 g/mol. The lowest BCUT2D eigenvalue weighted by molar-refractivity contribution is -0.139. The van der Waals surface area contributed by atoms with Crippen molar-refractivity contribution >= 4 is 28.0 Å². The number of amides is 1. The maximum atomic E-state index is 11.6. The second-order valence-corrected chi connectivity index (χ2v) is 6.34. The van der Waals surface area contributed by atoms with Crippen LogP contribution in [0.15, 0.2) is 22.7 Å². The summed E-state index contributed by atoms with van der Waals surface area (Å²) in [5.41, 5.74) is -0.307. The summed E-state index contributed by atoms with van der Waals surface area (Å²) in [5, 5.41) is 21.3. The summed E-state index contributed by atoms with van der Waals surface area (Å²) in [6, 6.07) is 3.70. The van der Waals surface area contributed by atoms with Gasteiger partial charge in [0.1, 0.15) is 17.4 Å². The standard InChI is InChI=1S/C14H18BrNO5/c1-14(2,3)21-13(20)16-10(12(18)19)7-8-5-4-6-9(15)11(8)17/h4-6,10,17H,7H2,1-3H3,(H,16,20)(H,18,19). The smallest absolute Gasteiger partial charge is 0.408 e. The number of ether oxygens (including phenoxy) is 1. The summed E-state index contributed by atoms with van der Waals surface area (Å²) >= 11 is 3.15. The molecule has 1 aromatic carbocycles. The van der Waals surface area contributed by atoms with E-state index in [4.69, 9.17) is 4.74 Å². The number of alkyl carbamates (subject to hydrolysis) is 1. The van der Waals surface area contributed by atoms with Crippen molar-refractivity contribution < 1.29 is 24.5 Å². The molecule has 116 valence electrons. The lowest BCUT2D eigenvalue weighted by atomic mass is 10.1. The summed E-state index contributed by atoms with van der Waals surface area (Å²) in [5.74, 6) is -1.25. The number of carboxylic acids is 1. The molecule has 1 atom stereocenters. The Balaban J connectivity index is 2.82. The summed E-state index contributed by atoms with van der Waals surface area (Å²) in [7, 11) is 0. The highest BCUT2D eigenvalue weighted by molar-refractivity contribution is 9.10. The summed E-state index contributed by atoms with van der Waals surface area (Å²) in [4.78, 5) is 22.9. The van der Waals surface area contributed by atoms with Crippen LogP contribution in [0.25, 0.3) is 0 Å². The molecule has 3 N–H and O–H groups in total. The van der Waals surface area contributed by atoms with Gasteiger partial charge >= 0.3 is 12.1 Å². The van der Waals surface area contributed by atoms with E-state index in [9.17, 15) is 19.8 Å². The Hall–Kier alpha value is -1.76. The molecular formula is C14H18BrNO5. The Kier molecular flexibility index (Phi) is 5.60. The van der Waals surface area contributed by atoms with E-state index < -0.39 is 23.7 Å². The van der Waals surface area contributed by atoms with Crippen LogP contribution in [-0.2, 0) is 16.0 Å². The van der Waals surface area contributed by atoms with Crippen LogP contribution in [0.4, 0.5) is 4.79 Å². The van der Waals surface area contributed by atoms with Crippen molar-refractivity contribution in [1.82, 2.24) is 5.32 Å². The number of phenolic OH excluding ortho intramolecular Hbond substituents is 1. The molecule has 0 heterocycles. The molecule has 0 bridgehead atoms. The Bertz CT molecular complexity index is 539. The number of halogens is 1. The SMILES string of the molecule is CC(C)(C)OC(=O)NC(Cc1cccc(Br)c1O)C(=O)O. The van der Waals surface area contributed by atoms with Crippen molar-refractivity contribution in [2.75, 3.05) is 0 Å². The maximum absolute atomic E-state index is 11.6. The number of phenols is 1. The number of carbonyl (C=O) groups excluding carboxylic acids is 1. The number of hydrogen-bond acceptors (Lipinski definition) is 4. The summed E-state index contributed by atoms with van der Waals surface area (Å²) in [6.07, 6.45) is -0.871. The molecule has 0 aliphatic carbocycles. The van der Waals surface area contributed by atoms with E-state index in [-0.39, 0.29) is 12.2 Å². The van der Waals surface area contributed by atoms with E-state index in [0.717, 1.165) is 0 Å². The number of benzene rings is 1. The number of para-hydroxylation sites is 1. The molecular weight excluding hydrogens is 342 g/mol. The van der Waals surface area contributed by atoms with Gasteiger partial charge in [-0.25, -0.2) is 9.59 Å². The van der Waals surface area contributed by atoms with E-state index in [2.05, 4.69) is 21.2 Å². The zero-order valence-electron chi connectivity index (χ0n) is 12.0. The first-order chi connectivity index (χ1) is 9.60. The first-order valence-electron chi connectivity index (χ1n) is 6.29. The second kappa shape index (κ2) is 6.80. The molecule has 0 aromatic heterocycles. The average Bonchev–Trinajstić information content (AvgIpc) is 2.31. The number of hydrogen-bond donors (Lipinski definition) is 3. The van der Waals surface area contributed by atoms with Gasteiger partial charge in [-0.2, -0.15) is 0 Å². The quantitative estimate of drug-likeness (QED) is 0.767. The number of aromatic hydroxyl groups is 1. The molecule has 1 unspecified atom stereocenters. The van der Waals surface area contributed by atoms with Gasteiger partial charge in [-0.1, -0.05) is 12.1 Å². The fourth-order valence-electron chi connectivity index (χ4n) is 1.59. The minimum Gasteiger partial charge on any atom is -0.506 e. The first-order valence-corrected chi connectivity index (χ1v) is 7.08. The minimum absolute atomic E-state index is 0.0465. The highest BCUT2D eigenvalue weighted by Gasteiger charge is 2.25.